The van der Waals surface area contributed by atoms with Crippen molar-refractivity contribution in [2.24, 2.45) is 5.92 Å². The van der Waals surface area contributed by atoms with Gasteiger partial charge in [-0.15, -0.1) is 11.3 Å². The van der Waals surface area contributed by atoms with Crippen LogP contribution in [0.3, 0.4) is 0 Å². The Morgan fingerprint density at radius 1 is 1.47 bits per heavy atom. The van der Waals surface area contributed by atoms with E-state index in [0.29, 0.717) is 16.4 Å². The van der Waals surface area contributed by atoms with Crippen LogP contribution in [0.2, 0.25) is 0 Å². The topological polar surface area (TPSA) is 65.2 Å². The lowest BCUT2D eigenvalue weighted by Crippen LogP contribution is -2.13. The molecule has 4 nitrogen and oxygen atoms in total. The van der Waals surface area contributed by atoms with Crippen LogP contribution in [0, 0.1) is 5.92 Å². The molecule has 1 aromatic heterocycles. The molecule has 0 fully saturated rings. The van der Waals surface area contributed by atoms with Crippen LogP contribution in [-0.4, -0.2) is 17.1 Å². The lowest BCUT2D eigenvalue weighted by Gasteiger charge is -2.10. The molecule has 0 unspecified atom stereocenters. The summed E-state index contributed by atoms with van der Waals surface area (Å²) in [7, 11) is 0. The Morgan fingerprint density at radius 2 is 2.12 bits per heavy atom. The van der Waals surface area contributed by atoms with E-state index in [2.05, 4.69) is 4.98 Å². The number of nitrogens with two attached hydrogens (primary N) is 1. The minimum absolute atomic E-state index is 0.144. The molecule has 1 aromatic rings. The molecule has 0 saturated carbocycles. The Balaban J connectivity index is 3.01. The van der Waals surface area contributed by atoms with Crippen LogP contribution in [0.5, 0.6) is 0 Å². The first-order chi connectivity index (χ1) is 7.90. The average molecular weight is 254 g/mol. The number of thiazole rings is 1. The first-order valence-electron chi connectivity index (χ1n) is 5.54. The number of carbonyl (C=O) groups excluding carboxylic acids is 1. The third-order valence-corrected chi connectivity index (χ3v) is 2.53. The zero-order valence-corrected chi connectivity index (χ0v) is 11.4. The van der Waals surface area contributed by atoms with E-state index >= 15 is 0 Å². The molecule has 0 spiro atoms. The number of hydrogen-bond acceptors (Lipinski definition) is 5. The van der Waals surface area contributed by atoms with Crippen LogP contribution >= 0.6 is 11.3 Å². The van der Waals surface area contributed by atoms with Gasteiger partial charge in [-0.25, -0.2) is 9.78 Å². The zero-order valence-electron chi connectivity index (χ0n) is 10.6. The number of nitrogens with zero attached hydrogens (tertiary/aromatic N) is 1. The third kappa shape index (κ3) is 4.19. The number of aromatic nitrogens is 1. The molecule has 0 bridgehead atoms. The fraction of sp³-hybridized carbons (Fsp3) is 0.500. The highest BCUT2D eigenvalue weighted by atomic mass is 32.1. The van der Waals surface area contributed by atoms with Crippen molar-refractivity contribution in [1.29, 1.82) is 0 Å². The number of anilines is 1. The second-order valence-corrected chi connectivity index (χ2v) is 5.24. The molecule has 1 heterocycles. The van der Waals surface area contributed by atoms with Crippen LogP contribution in [-0.2, 0) is 9.53 Å². The lowest BCUT2D eigenvalue weighted by atomic mass is 10.1. The molecular formula is C12H18N2O2S. The van der Waals surface area contributed by atoms with Gasteiger partial charge in [-0.3, -0.25) is 0 Å². The Hall–Kier alpha value is -1.36. The van der Waals surface area contributed by atoms with E-state index in [0.717, 1.165) is 0 Å². The van der Waals surface area contributed by atoms with E-state index in [9.17, 15) is 4.79 Å². The Kier molecular flexibility index (Phi) is 4.69. The third-order valence-electron chi connectivity index (χ3n) is 1.86. The number of carbonyl (C=O) groups is 1. The van der Waals surface area contributed by atoms with Crippen LogP contribution in [0.4, 0.5) is 5.13 Å². The van der Waals surface area contributed by atoms with Crippen LogP contribution in [0.1, 0.15) is 33.4 Å². The van der Waals surface area contributed by atoms with Gasteiger partial charge in [-0.2, -0.15) is 0 Å². The van der Waals surface area contributed by atoms with E-state index in [1.165, 1.54) is 11.3 Å². The van der Waals surface area contributed by atoms with E-state index < -0.39 is 0 Å². The molecule has 94 valence electrons. The minimum Gasteiger partial charge on any atom is -0.459 e. The highest BCUT2D eigenvalue weighted by Crippen LogP contribution is 2.22. The fourth-order valence-corrected chi connectivity index (χ4v) is 1.84. The van der Waals surface area contributed by atoms with Crippen LogP contribution in [0.15, 0.2) is 11.5 Å². The molecular weight excluding hydrogens is 236 g/mol. The number of esters is 1. The van der Waals surface area contributed by atoms with Gasteiger partial charge in [0.25, 0.3) is 0 Å². The maximum atomic E-state index is 11.9. The van der Waals surface area contributed by atoms with E-state index in [4.69, 9.17) is 10.5 Å². The molecule has 0 radical (unpaired) electrons. The van der Waals surface area contributed by atoms with E-state index in [1.54, 1.807) is 5.38 Å². The van der Waals surface area contributed by atoms with Gasteiger partial charge < -0.3 is 10.5 Å². The summed E-state index contributed by atoms with van der Waals surface area (Å²) in [5.74, 6) is -0.105. The van der Waals surface area contributed by atoms with Gasteiger partial charge in [0.1, 0.15) is 0 Å². The van der Waals surface area contributed by atoms with Crippen molar-refractivity contribution in [2.75, 3.05) is 5.73 Å². The first kappa shape index (κ1) is 13.7. The van der Waals surface area contributed by atoms with Crippen LogP contribution in [0.25, 0.3) is 5.57 Å². The number of hydrogen-bond donors (Lipinski definition) is 1. The maximum Gasteiger partial charge on any atom is 0.340 e. The molecule has 0 atom stereocenters. The average Bonchev–Trinajstić information content (AvgIpc) is 2.59. The number of ether oxygens (including phenoxy) is 1. The predicted octanol–water partition coefficient (Wildman–Crippen LogP) is 2.72. The van der Waals surface area contributed by atoms with Gasteiger partial charge in [0, 0.05) is 5.38 Å². The second kappa shape index (κ2) is 5.82. The van der Waals surface area contributed by atoms with Crippen molar-refractivity contribution >= 4 is 28.0 Å². The fourth-order valence-electron chi connectivity index (χ4n) is 1.28. The summed E-state index contributed by atoms with van der Waals surface area (Å²) in [6.45, 7) is 7.64. The summed E-state index contributed by atoms with van der Waals surface area (Å²) in [5, 5.41) is 2.22. The second-order valence-electron chi connectivity index (χ2n) is 4.35. The van der Waals surface area contributed by atoms with E-state index in [-0.39, 0.29) is 18.0 Å². The van der Waals surface area contributed by atoms with Crippen molar-refractivity contribution in [3.63, 3.8) is 0 Å². The molecule has 0 aromatic carbocycles. The molecule has 0 aliphatic carbocycles. The standard InChI is InChI=1S/C12H18N2O2S/c1-7(2)5-9(11(15)16-8(3)4)10-6-17-12(13)14-10/h5-8H,1-4H3,(H2,13,14). The zero-order chi connectivity index (χ0) is 13.0. The number of allylic oxidation sites excluding steroid dienone is 1. The summed E-state index contributed by atoms with van der Waals surface area (Å²) in [4.78, 5) is 16.1. The highest BCUT2D eigenvalue weighted by Gasteiger charge is 2.18. The Morgan fingerprint density at radius 3 is 2.53 bits per heavy atom. The summed E-state index contributed by atoms with van der Waals surface area (Å²) >= 11 is 1.31. The summed E-state index contributed by atoms with van der Waals surface area (Å²) in [6, 6.07) is 0. The predicted molar refractivity (Wildman–Crippen MR) is 70.6 cm³/mol. The molecule has 5 heteroatoms. The van der Waals surface area contributed by atoms with Crippen molar-refractivity contribution in [1.82, 2.24) is 4.98 Å². The van der Waals surface area contributed by atoms with Gasteiger partial charge in [-0.1, -0.05) is 19.9 Å². The highest BCUT2D eigenvalue weighted by molar-refractivity contribution is 7.13. The monoisotopic (exact) mass is 254 g/mol. The lowest BCUT2D eigenvalue weighted by molar-refractivity contribution is -0.140. The normalized spacial score (nSPS) is 12.2. The number of nitrogen functional groups attached to an aromatic ring is 1. The molecule has 0 saturated heterocycles. The summed E-state index contributed by atoms with van der Waals surface area (Å²) in [5.41, 5.74) is 6.65. The summed E-state index contributed by atoms with van der Waals surface area (Å²) < 4.78 is 5.19. The maximum absolute atomic E-state index is 11.9. The molecule has 0 amide bonds. The first-order valence-corrected chi connectivity index (χ1v) is 6.42. The van der Waals surface area contributed by atoms with Crippen molar-refractivity contribution < 1.29 is 9.53 Å². The van der Waals surface area contributed by atoms with E-state index in [1.807, 2.05) is 33.8 Å². The minimum atomic E-state index is -0.348. The SMILES string of the molecule is CC(C)C=C(C(=O)OC(C)C)c1csc(N)n1. The summed E-state index contributed by atoms with van der Waals surface area (Å²) in [6.07, 6.45) is 1.70. The molecule has 17 heavy (non-hydrogen) atoms. The van der Waals surface area contributed by atoms with Gasteiger partial charge in [-0.05, 0) is 19.8 Å². The molecule has 1 rings (SSSR count). The quantitative estimate of drug-likeness (QED) is 0.662. The Labute approximate surface area is 106 Å². The van der Waals surface area contributed by atoms with Gasteiger partial charge in [0.2, 0.25) is 0 Å². The molecule has 2 N–H and O–H groups in total. The van der Waals surface area contributed by atoms with Crippen molar-refractivity contribution in [3.8, 4) is 0 Å². The van der Waals surface area contributed by atoms with Gasteiger partial charge >= 0.3 is 5.97 Å². The van der Waals surface area contributed by atoms with Crippen molar-refractivity contribution in [2.45, 2.75) is 33.8 Å². The Bertz CT molecular complexity index is 422. The van der Waals surface area contributed by atoms with Gasteiger partial charge in [0.15, 0.2) is 5.13 Å². The molecule has 0 aliphatic heterocycles. The number of rotatable bonds is 4. The van der Waals surface area contributed by atoms with Crippen molar-refractivity contribution in [3.05, 3.63) is 17.2 Å². The van der Waals surface area contributed by atoms with Crippen LogP contribution < -0.4 is 5.73 Å². The molecule has 0 aliphatic rings. The van der Waals surface area contributed by atoms with Gasteiger partial charge in [0.05, 0.1) is 17.4 Å². The smallest absolute Gasteiger partial charge is 0.340 e. The largest absolute Gasteiger partial charge is 0.459 e.